The van der Waals surface area contributed by atoms with Crippen LogP contribution in [0.25, 0.3) is 54.6 Å². The number of benzene rings is 11. The zero-order valence-corrected chi connectivity index (χ0v) is 35.5. The Morgan fingerprint density at radius 3 is 1.55 bits per heavy atom. The van der Waals surface area contributed by atoms with Crippen LogP contribution in [-0.2, 0) is 5.41 Å². The van der Waals surface area contributed by atoms with Crippen LogP contribution in [0.15, 0.2) is 259 Å². The van der Waals surface area contributed by atoms with Gasteiger partial charge in [0.2, 0.25) is 0 Å². The Hall–Kier alpha value is -8.66. The highest BCUT2D eigenvalue weighted by Crippen LogP contribution is 2.59. The summed E-state index contributed by atoms with van der Waals surface area (Å²) in [6.45, 7) is 0. The Bertz CT molecular complexity index is 4160. The SMILES string of the molecule is [2H]c1c([2H])c([2H])c2c([2H])c(C3(c4ccc5oc6ccccc6c5c4)c4ccc(N(c5ccccc5)c5ccccc5)cc4-c4cc(N(c5ccccc5)c5ccc6ccccc6c5)ccc43)c([2H])c([2H])c2c1[2H]. The Morgan fingerprint density at radius 1 is 0.348 bits per heavy atom. The minimum atomic E-state index is -1.49. The topological polar surface area (TPSA) is 19.6 Å². The van der Waals surface area contributed by atoms with Crippen LogP contribution in [0.2, 0.25) is 0 Å². The summed E-state index contributed by atoms with van der Waals surface area (Å²) < 4.78 is 72.3. The highest BCUT2D eigenvalue weighted by Gasteiger charge is 2.47. The van der Waals surface area contributed by atoms with E-state index in [2.05, 4.69) is 119 Å². The molecule has 3 nitrogen and oxygen atoms in total. The molecule has 66 heavy (non-hydrogen) atoms. The normalized spacial score (nSPS) is 15.6. The number of furan rings is 1. The van der Waals surface area contributed by atoms with Gasteiger partial charge in [-0.3, -0.25) is 0 Å². The predicted molar refractivity (Wildman–Crippen MR) is 275 cm³/mol. The van der Waals surface area contributed by atoms with Crippen molar-refractivity contribution in [1.29, 1.82) is 0 Å². The third-order valence-electron chi connectivity index (χ3n) is 13.1. The number of fused-ring (bicyclic) bond motifs is 8. The smallest absolute Gasteiger partial charge is 0.135 e. The van der Waals surface area contributed by atoms with Gasteiger partial charge in [-0.05, 0) is 152 Å². The van der Waals surface area contributed by atoms with Crippen molar-refractivity contribution in [3.8, 4) is 11.1 Å². The van der Waals surface area contributed by atoms with Crippen LogP contribution in [-0.4, -0.2) is 0 Å². The van der Waals surface area contributed by atoms with E-state index in [0.29, 0.717) is 16.7 Å². The molecule has 11 aromatic carbocycles. The van der Waals surface area contributed by atoms with Gasteiger partial charge in [0.1, 0.15) is 11.2 Å². The highest BCUT2D eigenvalue weighted by atomic mass is 16.3. The minimum absolute atomic E-state index is 0.106. The number of rotatable bonds is 8. The largest absolute Gasteiger partial charge is 0.456 e. The number of nitrogens with zero attached hydrogens (tertiary/aromatic N) is 2. The van der Waals surface area contributed by atoms with E-state index in [1.807, 2.05) is 103 Å². The molecule has 310 valence electrons. The molecule has 3 heteroatoms. The van der Waals surface area contributed by atoms with E-state index in [9.17, 15) is 5.48 Å². The molecule has 13 rings (SSSR count). The molecule has 0 saturated carbocycles. The maximum atomic E-state index is 10.3. The van der Waals surface area contributed by atoms with Gasteiger partial charge in [-0.15, -0.1) is 0 Å². The summed E-state index contributed by atoms with van der Waals surface area (Å²) in [4.78, 5) is 4.44. The van der Waals surface area contributed by atoms with Crippen molar-refractivity contribution in [2.75, 3.05) is 9.80 Å². The summed E-state index contributed by atoms with van der Waals surface area (Å²) in [5.74, 6) is 0. The third kappa shape index (κ3) is 5.98. The number of hydrogen-bond acceptors (Lipinski definition) is 3. The van der Waals surface area contributed by atoms with Crippen molar-refractivity contribution < 1.29 is 14.0 Å². The lowest BCUT2D eigenvalue weighted by Gasteiger charge is -2.35. The van der Waals surface area contributed by atoms with Gasteiger partial charge in [0, 0.05) is 44.9 Å². The van der Waals surface area contributed by atoms with Crippen LogP contribution >= 0.6 is 0 Å². The molecule has 1 heterocycles. The van der Waals surface area contributed by atoms with Gasteiger partial charge in [0.15, 0.2) is 0 Å². The molecule has 0 fully saturated rings. The Kier molecular flexibility index (Phi) is 7.22. The van der Waals surface area contributed by atoms with Crippen LogP contribution in [0.1, 0.15) is 31.8 Å². The lowest BCUT2D eigenvalue weighted by atomic mass is 9.67. The van der Waals surface area contributed by atoms with E-state index in [1.165, 1.54) is 0 Å². The van der Waals surface area contributed by atoms with Crippen LogP contribution in [0.5, 0.6) is 0 Å². The van der Waals surface area contributed by atoms with Gasteiger partial charge in [0.05, 0.1) is 15.0 Å². The van der Waals surface area contributed by atoms with E-state index < -0.39 is 29.6 Å². The molecule has 1 unspecified atom stereocenters. The van der Waals surface area contributed by atoms with Crippen molar-refractivity contribution in [3.05, 3.63) is 277 Å². The summed E-state index contributed by atoms with van der Waals surface area (Å²) in [6.07, 6.45) is 0. The van der Waals surface area contributed by atoms with E-state index in [4.69, 9.17) is 8.53 Å². The van der Waals surface area contributed by atoms with Crippen LogP contribution in [0.4, 0.5) is 34.1 Å². The van der Waals surface area contributed by atoms with Gasteiger partial charge in [0.25, 0.3) is 0 Å². The lowest BCUT2D eigenvalue weighted by Crippen LogP contribution is -2.28. The number of hydrogen-bond donors (Lipinski definition) is 0. The van der Waals surface area contributed by atoms with Crippen molar-refractivity contribution in [2.24, 2.45) is 0 Å². The average molecular weight is 850 g/mol. The maximum Gasteiger partial charge on any atom is 0.135 e. The standard InChI is InChI=1S/C63H42N2O/c1-4-20-49(21-5-1)64(50-22-6-2-7-23-50)53-33-35-59-56(41-53)57-42-54(65(51-24-8-3-9-25-51)52-32-29-44-17-11-13-19-46(44)39-52)34-36-60(57)63(59,47-30-28-43-16-10-12-18-45(43)38-47)48-31-37-62-58(40-48)55-26-14-15-27-61(55)66-62/h1-42H/i10D,12D,16D,18D,28D,30D,38D. The lowest BCUT2D eigenvalue weighted by molar-refractivity contribution is 0.668. The molecule has 12 aromatic rings. The molecule has 0 aliphatic heterocycles. The fraction of sp³-hybridized carbons (Fsp3) is 0.0159. The van der Waals surface area contributed by atoms with Gasteiger partial charge in [-0.25, -0.2) is 0 Å². The van der Waals surface area contributed by atoms with Gasteiger partial charge < -0.3 is 14.2 Å². The molecule has 1 aromatic heterocycles. The molecule has 0 saturated heterocycles. The first-order valence-electron chi connectivity index (χ1n) is 25.6. The van der Waals surface area contributed by atoms with E-state index in [0.717, 1.165) is 77.9 Å². The zero-order chi connectivity index (χ0) is 49.7. The predicted octanol–water partition coefficient (Wildman–Crippen LogP) is 17.2. The monoisotopic (exact) mass is 849 g/mol. The third-order valence-corrected chi connectivity index (χ3v) is 13.1. The second kappa shape index (κ2) is 15.3. The van der Waals surface area contributed by atoms with Crippen LogP contribution in [0.3, 0.4) is 0 Å². The molecule has 1 aliphatic carbocycles. The van der Waals surface area contributed by atoms with Gasteiger partial charge in [-0.2, -0.15) is 0 Å². The molecule has 0 spiro atoms. The van der Waals surface area contributed by atoms with Crippen LogP contribution in [0, 0.1) is 0 Å². The molecule has 0 radical (unpaired) electrons. The summed E-state index contributed by atoms with van der Waals surface area (Å²) in [6, 6.07) is 69.0. The van der Waals surface area contributed by atoms with E-state index >= 15 is 0 Å². The van der Waals surface area contributed by atoms with Crippen molar-refractivity contribution >= 4 is 77.6 Å². The molecular weight excluding hydrogens is 801 g/mol. The Balaban J connectivity index is 1.18. The molecule has 0 N–H and O–H groups in total. The van der Waals surface area contributed by atoms with Crippen molar-refractivity contribution in [1.82, 2.24) is 0 Å². The van der Waals surface area contributed by atoms with E-state index in [1.54, 1.807) is 0 Å². The first kappa shape index (κ1) is 31.2. The van der Waals surface area contributed by atoms with Crippen molar-refractivity contribution in [2.45, 2.75) is 5.41 Å². The Morgan fingerprint density at radius 2 is 0.879 bits per heavy atom. The van der Waals surface area contributed by atoms with Gasteiger partial charge in [-0.1, -0.05) is 158 Å². The average Bonchev–Trinajstić information content (AvgIpc) is 3.95. The second-order valence-corrected chi connectivity index (χ2v) is 16.7. The number of para-hydroxylation sites is 4. The quantitative estimate of drug-likeness (QED) is 0.152. The first-order chi connectivity index (χ1) is 35.6. The second-order valence-electron chi connectivity index (χ2n) is 16.7. The Labute approximate surface area is 393 Å². The molecule has 1 aliphatic rings. The van der Waals surface area contributed by atoms with Crippen molar-refractivity contribution in [3.63, 3.8) is 0 Å². The molecule has 1 atom stereocenters. The summed E-state index contributed by atoms with van der Waals surface area (Å²) in [5, 5.41) is 3.66. The highest BCUT2D eigenvalue weighted by molar-refractivity contribution is 6.06. The maximum absolute atomic E-state index is 10.3. The molecule has 0 amide bonds. The fourth-order valence-corrected chi connectivity index (χ4v) is 10.2. The fourth-order valence-electron chi connectivity index (χ4n) is 10.2. The number of anilines is 6. The minimum Gasteiger partial charge on any atom is -0.456 e. The van der Waals surface area contributed by atoms with E-state index in [-0.39, 0.29) is 34.5 Å². The molecular formula is C63H42N2O. The summed E-state index contributed by atoms with van der Waals surface area (Å²) in [5.41, 5.74) is 9.36. The molecule has 0 bridgehead atoms. The van der Waals surface area contributed by atoms with Crippen LogP contribution < -0.4 is 9.80 Å². The first-order valence-corrected chi connectivity index (χ1v) is 22.1. The summed E-state index contributed by atoms with van der Waals surface area (Å²) >= 11 is 0. The summed E-state index contributed by atoms with van der Waals surface area (Å²) in [7, 11) is 0. The van der Waals surface area contributed by atoms with Gasteiger partial charge >= 0.3 is 0 Å². The zero-order valence-electron chi connectivity index (χ0n) is 42.5.